The summed E-state index contributed by atoms with van der Waals surface area (Å²) in [6.45, 7) is 3.65. The minimum atomic E-state index is -0.829. The maximum absolute atomic E-state index is 10.8. The molecule has 0 saturated carbocycles. The van der Waals surface area contributed by atoms with Crippen LogP contribution in [0.1, 0.15) is 44.2 Å². The van der Waals surface area contributed by atoms with Crippen molar-refractivity contribution in [2.75, 3.05) is 0 Å². The van der Waals surface area contributed by atoms with Gasteiger partial charge in [0.25, 0.3) is 0 Å². The molecule has 0 fully saturated rings. The van der Waals surface area contributed by atoms with Crippen molar-refractivity contribution in [1.82, 2.24) is 0 Å². The highest BCUT2D eigenvalue weighted by Gasteiger charge is 2.25. The van der Waals surface area contributed by atoms with Gasteiger partial charge < -0.3 is 9.84 Å². The molecule has 0 heterocycles. The topological polar surface area (TPSA) is 46.5 Å². The van der Waals surface area contributed by atoms with E-state index in [1.807, 2.05) is 26.0 Å². The molecule has 1 N–H and O–H groups in total. The Kier molecular flexibility index (Phi) is 3.60. The lowest BCUT2D eigenvalue weighted by Gasteiger charge is -2.28. The maximum Gasteiger partial charge on any atom is 0.307 e. The average molecular weight is 248 g/mol. The van der Waals surface area contributed by atoms with E-state index in [1.54, 1.807) is 0 Å². The van der Waals surface area contributed by atoms with Crippen LogP contribution in [-0.2, 0) is 17.6 Å². The first-order chi connectivity index (χ1) is 8.48. The van der Waals surface area contributed by atoms with Gasteiger partial charge in [-0.2, -0.15) is 0 Å². The molecule has 98 valence electrons. The van der Waals surface area contributed by atoms with Crippen LogP contribution in [-0.4, -0.2) is 16.7 Å². The second-order valence-electron chi connectivity index (χ2n) is 5.53. The van der Waals surface area contributed by atoms with Crippen molar-refractivity contribution >= 4 is 5.97 Å². The van der Waals surface area contributed by atoms with Crippen molar-refractivity contribution in [3.05, 3.63) is 29.3 Å². The Morgan fingerprint density at radius 3 is 2.78 bits per heavy atom. The number of aryl methyl sites for hydroxylation is 1. The summed E-state index contributed by atoms with van der Waals surface area (Å²) in [5.74, 6) is 0.0308. The number of ether oxygens (including phenoxy) is 1. The van der Waals surface area contributed by atoms with E-state index in [0.29, 0.717) is 0 Å². The minimum absolute atomic E-state index is 0.0106. The zero-order chi connectivity index (χ0) is 13.2. The fourth-order valence-corrected chi connectivity index (χ4v) is 2.54. The number of benzene rings is 1. The van der Waals surface area contributed by atoms with E-state index in [1.165, 1.54) is 24.0 Å². The molecule has 0 atom stereocenters. The Morgan fingerprint density at radius 1 is 1.33 bits per heavy atom. The van der Waals surface area contributed by atoms with E-state index in [9.17, 15) is 4.79 Å². The normalized spacial score (nSPS) is 15.0. The molecule has 3 nitrogen and oxygen atoms in total. The predicted molar refractivity (Wildman–Crippen MR) is 70.0 cm³/mol. The Balaban J connectivity index is 2.21. The van der Waals surface area contributed by atoms with Crippen LogP contribution in [0.4, 0.5) is 0 Å². The van der Waals surface area contributed by atoms with E-state index in [-0.39, 0.29) is 6.42 Å². The molecule has 0 spiro atoms. The standard InChI is InChI=1S/C15H20O3/c1-15(2,10-14(16)17)18-13-9-5-7-11-6-3-4-8-12(11)13/h5,7,9H,3-4,6,8,10H2,1-2H3,(H,16,17). The van der Waals surface area contributed by atoms with E-state index >= 15 is 0 Å². The fraction of sp³-hybridized carbons (Fsp3) is 0.533. The SMILES string of the molecule is CC(C)(CC(=O)O)Oc1cccc2c1CCCC2. The third-order valence-corrected chi connectivity index (χ3v) is 3.32. The molecule has 0 bridgehead atoms. The van der Waals surface area contributed by atoms with Gasteiger partial charge in [-0.05, 0) is 56.7 Å². The monoisotopic (exact) mass is 248 g/mol. The van der Waals surface area contributed by atoms with Crippen molar-refractivity contribution in [2.45, 2.75) is 51.6 Å². The molecule has 0 saturated heterocycles. The molecule has 1 aliphatic carbocycles. The van der Waals surface area contributed by atoms with Crippen molar-refractivity contribution < 1.29 is 14.6 Å². The van der Waals surface area contributed by atoms with Crippen LogP contribution in [0.5, 0.6) is 5.75 Å². The first kappa shape index (κ1) is 12.9. The van der Waals surface area contributed by atoms with E-state index < -0.39 is 11.6 Å². The van der Waals surface area contributed by atoms with E-state index in [0.717, 1.165) is 18.6 Å². The third kappa shape index (κ3) is 3.03. The van der Waals surface area contributed by atoms with Crippen LogP contribution in [0.25, 0.3) is 0 Å². The van der Waals surface area contributed by atoms with Gasteiger partial charge in [0.15, 0.2) is 0 Å². The number of rotatable bonds is 4. The fourth-order valence-electron chi connectivity index (χ4n) is 2.54. The van der Waals surface area contributed by atoms with Gasteiger partial charge in [-0.1, -0.05) is 12.1 Å². The summed E-state index contributed by atoms with van der Waals surface area (Å²) >= 11 is 0. The van der Waals surface area contributed by atoms with Gasteiger partial charge in [-0.3, -0.25) is 4.79 Å². The molecule has 0 aromatic heterocycles. The van der Waals surface area contributed by atoms with Crippen molar-refractivity contribution in [2.24, 2.45) is 0 Å². The number of carboxylic acid groups (broad SMARTS) is 1. The highest BCUT2D eigenvalue weighted by Crippen LogP contribution is 2.32. The largest absolute Gasteiger partial charge is 0.487 e. The zero-order valence-electron chi connectivity index (χ0n) is 11.0. The average Bonchev–Trinajstić information content (AvgIpc) is 2.27. The number of aliphatic carboxylic acids is 1. The van der Waals surface area contributed by atoms with Gasteiger partial charge in [0.1, 0.15) is 11.4 Å². The van der Waals surface area contributed by atoms with Gasteiger partial charge in [-0.15, -0.1) is 0 Å². The maximum atomic E-state index is 10.8. The van der Waals surface area contributed by atoms with Crippen LogP contribution >= 0.6 is 0 Å². The second kappa shape index (κ2) is 5.01. The van der Waals surface area contributed by atoms with Crippen LogP contribution in [0.15, 0.2) is 18.2 Å². The summed E-state index contributed by atoms with van der Waals surface area (Å²) in [4.78, 5) is 10.8. The van der Waals surface area contributed by atoms with Crippen molar-refractivity contribution in [3.8, 4) is 5.75 Å². The molecule has 1 aromatic rings. The number of carbonyl (C=O) groups is 1. The second-order valence-corrected chi connectivity index (χ2v) is 5.53. The molecule has 18 heavy (non-hydrogen) atoms. The van der Waals surface area contributed by atoms with Gasteiger partial charge in [-0.25, -0.2) is 0 Å². The lowest BCUT2D eigenvalue weighted by atomic mass is 9.91. The molecule has 1 aromatic carbocycles. The molecule has 0 radical (unpaired) electrons. The molecule has 3 heteroatoms. The number of hydrogen-bond acceptors (Lipinski definition) is 2. The van der Waals surface area contributed by atoms with Gasteiger partial charge in [0, 0.05) is 0 Å². The molecule has 1 aliphatic rings. The molecular weight excluding hydrogens is 228 g/mol. The highest BCUT2D eigenvalue weighted by atomic mass is 16.5. The summed E-state index contributed by atoms with van der Waals surface area (Å²) in [7, 11) is 0. The van der Waals surface area contributed by atoms with E-state index in [4.69, 9.17) is 9.84 Å². The number of carboxylic acids is 1. The van der Waals surface area contributed by atoms with Crippen LogP contribution in [0, 0.1) is 0 Å². The lowest BCUT2D eigenvalue weighted by molar-refractivity contribution is -0.140. The molecule has 0 unspecified atom stereocenters. The minimum Gasteiger partial charge on any atom is -0.487 e. The summed E-state index contributed by atoms with van der Waals surface area (Å²) < 4.78 is 5.93. The third-order valence-electron chi connectivity index (χ3n) is 3.32. The summed E-state index contributed by atoms with van der Waals surface area (Å²) in [6, 6.07) is 6.09. The first-order valence-electron chi connectivity index (χ1n) is 6.49. The van der Waals surface area contributed by atoms with Crippen molar-refractivity contribution in [1.29, 1.82) is 0 Å². The van der Waals surface area contributed by atoms with Gasteiger partial charge in [0.2, 0.25) is 0 Å². The molecule has 0 aliphatic heterocycles. The summed E-state index contributed by atoms with van der Waals surface area (Å²) in [5.41, 5.74) is 1.95. The number of hydrogen-bond donors (Lipinski definition) is 1. The molecule has 2 rings (SSSR count). The van der Waals surface area contributed by atoms with Crippen LogP contribution in [0.3, 0.4) is 0 Å². The Morgan fingerprint density at radius 2 is 2.06 bits per heavy atom. The zero-order valence-corrected chi connectivity index (χ0v) is 11.0. The molecule has 0 amide bonds. The Bertz CT molecular complexity index is 449. The Hall–Kier alpha value is -1.51. The summed E-state index contributed by atoms with van der Waals surface area (Å²) in [6.07, 6.45) is 4.57. The summed E-state index contributed by atoms with van der Waals surface area (Å²) in [5, 5.41) is 8.89. The quantitative estimate of drug-likeness (QED) is 0.890. The van der Waals surface area contributed by atoms with E-state index in [2.05, 4.69) is 6.07 Å². The van der Waals surface area contributed by atoms with Gasteiger partial charge in [0.05, 0.1) is 6.42 Å². The van der Waals surface area contributed by atoms with Crippen LogP contribution < -0.4 is 4.74 Å². The molecular formula is C15H20O3. The van der Waals surface area contributed by atoms with Gasteiger partial charge >= 0.3 is 5.97 Å². The smallest absolute Gasteiger partial charge is 0.307 e. The number of fused-ring (bicyclic) bond motifs is 1. The highest BCUT2D eigenvalue weighted by molar-refractivity contribution is 5.68. The van der Waals surface area contributed by atoms with Crippen molar-refractivity contribution in [3.63, 3.8) is 0 Å². The first-order valence-corrected chi connectivity index (χ1v) is 6.49. The Labute approximate surface area is 108 Å². The van der Waals surface area contributed by atoms with Crippen LogP contribution in [0.2, 0.25) is 0 Å². The predicted octanol–water partition coefficient (Wildman–Crippen LogP) is 3.20. The lowest BCUT2D eigenvalue weighted by Crippen LogP contribution is -2.31.